The maximum atomic E-state index is 5.94. The first-order valence-electron chi connectivity index (χ1n) is 4.56. The zero-order valence-corrected chi connectivity index (χ0v) is 9.87. The van der Waals surface area contributed by atoms with Gasteiger partial charge in [-0.05, 0) is 11.6 Å². The predicted molar refractivity (Wildman–Crippen MR) is 65.3 cm³/mol. The van der Waals surface area contributed by atoms with Crippen LogP contribution in [0.5, 0.6) is 0 Å². The summed E-state index contributed by atoms with van der Waals surface area (Å²) in [4.78, 5) is 12.1. The maximum Gasteiger partial charge on any atom is 0.156 e. The molecule has 2 rings (SSSR count). The van der Waals surface area contributed by atoms with Crippen LogP contribution in [-0.4, -0.2) is 15.0 Å². The van der Waals surface area contributed by atoms with E-state index in [4.69, 9.17) is 17.3 Å². The molecular formula is C10H9ClN4S. The zero-order chi connectivity index (χ0) is 11.4. The molecule has 0 spiro atoms. The zero-order valence-electron chi connectivity index (χ0n) is 8.30. The number of nitrogens with two attached hydrogens (primary N) is 1. The van der Waals surface area contributed by atoms with Crippen LogP contribution in [0.4, 0.5) is 5.82 Å². The van der Waals surface area contributed by atoms with Gasteiger partial charge in [0.2, 0.25) is 0 Å². The molecule has 0 aliphatic carbocycles. The van der Waals surface area contributed by atoms with Gasteiger partial charge in [-0.2, -0.15) is 0 Å². The molecular weight excluding hydrogens is 244 g/mol. The second-order valence-corrected chi connectivity index (χ2v) is 4.31. The molecule has 0 aliphatic heterocycles. The summed E-state index contributed by atoms with van der Waals surface area (Å²) in [5.74, 6) is 1.11. The first-order valence-corrected chi connectivity index (χ1v) is 5.92. The molecule has 0 radical (unpaired) electrons. The number of aromatic nitrogens is 3. The lowest BCUT2D eigenvalue weighted by atomic mass is 10.3. The predicted octanol–water partition coefficient (Wildman–Crippen LogP) is 2.40. The Morgan fingerprint density at radius 3 is 2.75 bits per heavy atom. The standard InChI is InChI=1S/C10H9ClN4S/c11-8-7(2-1-3-13-8)6-16-10-9(12)14-4-5-15-10/h1-5H,6H2,(H2,12,14). The summed E-state index contributed by atoms with van der Waals surface area (Å²) in [6.07, 6.45) is 4.84. The fourth-order valence-electron chi connectivity index (χ4n) is 1.12. The Morgan fingerprint density at radius 1 is 1.19 bits per heavy atom. The number of hydrogen-bond donors (Lipinski definition) is 1. The minimum atomic E-state index is 0.438. The first-order chi connectivity index (χ1) is 7.77. The van der Waals surface area contributed by atoms with Crippen molar-refractivity contribution in [3.63, 3.8) is 0 Å². The van der Waals surface area contributed by atoms with Gasteiger partial charge in [0.15, 0.2) is 5.82 Å². The van der Waals surface area contributed by atoms with Crippen molar-refractivity contribution in [1.82, 2.24) is 15.0 Å². The summed E-state index contributed by atoms with van der Waals surface area (Å²) in [5.41, 5.74) is 6.64. The van der Waals surface area contributed by atoms with Crippen LogP contribution in [0.3, 0.4) is 0 Å². The van der Waals surface area contributed by atoms with E-state index in [9.17, 15) is 0 Å². The van der Waals surface area contributed by atoms with Gasteiger partial charge >= 0.3 is 0 Å². The molecule has 2 heterocycles. The van der Waals surface area contributed by atoms with Crippen LogP contribution < -0.4 is 5.73 Å². The van der Waals surface area contributed by atoms with E-state index in [0.717, 1.165) is 5.56 Å². The van der Waals surface area contributed by atoms with Gasteiger partial charge in [0.25, 0.3) is 0 Å². The Labute approximate surface area is 102 Å². The molecule has 0 aromatic carbocycles. The highest BCUT2D eigenvalue weighted by Crippen LogP contribution is 2.26. The van der Waals surface area contributed by atoms with E-state index in [-0.39, 0.29) is 0 Å². The summed E-state index contributed by atoms with van der Waals surface area (Å²) >= 11 is 7.43. The molecule has 0 aliphatic rings. The van der Waals surface area contributed by atoms with Gasteiger partial charge < -0.3 is 5.73 Å². The number of anilines is 1. The molecule has 0 saturated carbocycles. The molecule has 0 bridgehead atoms. The summed E-state index contributed by atoms with van der Waals surface area (Å²) in [7, 11) is 0. The molecule has 2 aromatic heterocycles. The van der Waals surface area contributed by atoms with Crippen molar-refractivity contribution >= 4 is 29.2 Å². The quantitative estimate of drug-likeness (QED) is 0.671. The molecule has 6 heteroatoms. The topological polar surface area (TPSA) is 64.7 Å². The summed E-state index contributed by atoms with van der Waals surface area (Å²) in [6, 6.07) is 3.77. The largest absolute Gasteiger partial charge is 0.381 e. The van der Waals surface area contributed by atoms with Crippen LogP contribution in [0.15, 0.2) is 35.7 Å². The lowest BCUT2D eigenvalue weighted by Crippen LogP contribution is -1.95. The van der Waals surface area contributed by atoms with Gasteiger partial charge in [0.1, 0.15) is 10.2 Å². The molecule has 0 unspecified atom stereocenters. The highest BCUT2D eigenvalue weighted by Gasteiger charge is 2.05. The molecule has 2 N–H and O–H groups in total. The molecule has 0 atom stereocenters. The Balaban J connectivity index is 2.09. The molecule has 0 fully saturated rings. The number of thioether (sulfide) groups is 1. The maximum absolute atomic E-state index is 5.94. The van der Waals surface area contributed by atoms with E-state index in [2.05, 4.69) is 15.0 Å². The van der Waals surface area contributed by atoms with Crippen LogP contribution in [-0.2, 0) is 5.75 Å². The number of pyridine rings is 1. The number of halogens is 1. The first kappa shape index (κ1) is 11.2. The van der Waals surface area contributed by atoms with Crippen LogP contribution in [0.1, 0.15) is 5.56 Å². The van der Waals surface area contributed by atoms with E-state index < -0.39 is 0 Å². The van der Waals surface area contributed by atoms with Crippen molar-refractivity contribution in [3.8, 4) is 0 Å². The van der Waals surface area contributed by atoms with Gasteiger partial charge in [-0.3, -0.25) is 0 Å². The van der Waals surface area contributed by atoms with Crippen molar-refractivity contribution in [2.75, 3.05) is 5.73 Å². The average Bonchev–Trinajstić information content (AvgIpc) is 2.30. The van der Waals surface area contributed by atoms with Gasteiger partial charge in [0.05, 0.1) is 0 Å². The number of rotatable bonds is 3. The fraction of sp³-hybridized carbons (Fsp3) is 0.100. The summed E-state index contributed by atoms with van der Waals surface area (Å²) < 4.78 is 0. The number of hydrogen-bond acceptors (Lipinski definition) is 5. The molecule has 4 nitrogen and oxygen atoms in total. The Hall–Kier alpha value is -1.33. The summed E-state index contributed by atoms with van der Waals surface area (Å²) in [6.45, 7) is 0. The third-order valence-corrected chi connectivity index (χ3v) is 3.28. The fourth-order valence-corrected chi connectivity index (χ4v) is 2.25. The highest BCUT2D eigenvalue weighted by molar-refractivity contribution is 7.98. The minimum absolute atomic E-state index is 0.438. The molecule has 16 heavy (non-hydrogen) atoms. The van der Waals surface area contributed by atoms with Crippen LogP contribution in [0.2, 0.25) is 5.15 Å². The Bertz CT molecular complexity index is 446. The van der Waals surface area contributed by atoms with E-state index in [1.54, 1.807) is 18.6 Å². The minimum Gasteiger partial charge on any atom is -0.381 e. The van der Waals surface area contributed by atoms with Crippen LogP contribution >= 0.6 is 23.4 Å². The number of nitrogen functional groups attached to an aromatic ring is 1. The van der Waals surface area contributed by atoms with E-state index in [1.807, 2.05) is 12.1 Å². The third kappa shape index (κ3) is 2.62. The van der Waals surface area contributed by atoms with Crippen LogP contribution in [0.25, 0.3) is 0 Å². The van der Waals surface area contributed by atoms with Gasteiger partial charge in [0, 0.05) is 24.3 Å². The van der Waals surface area contributed by atoms with Crippen LogP contribution in [0, 0.1) is 0 Å². The molecule has 0 amide bonds. The van der Waals surface area contributed by atoms with Crippen molar-refractivity contribution in [3.05, 3.63) is 41.4 Å². The smallest absolute Gasteiger partial charge is 0.156 e. The van der Waals surface area contributed by atoms with E-state index in [0.29, 0.717) is 21.7 Å². The van der Waals surface area contributed by atoms with Gasteiger partial charge in [-0.15, -0.1) is 0 Å². The highest BCUT2D eigenvalue weighted by atomic mass is 35.5. The van der Waals surface area contributed by atoms with Crippen molar-refractivity contribution < 1.29 is 0 Å². The van der Waals surface area contributed by atoms with Crippen molar-refractivity contribution in [2.45, 2.75) is 10.8 Å². The van der Waals surface area contributed by atoms with E-state index in [1.165, 1.54) is 11.8 Å². The van der Waals surface area contributed by atoms with Gasteiger partial charge in [-0.25, -0.2) is 15.0 Å². The van der Waals surface area contributed by atoms with Crippen molar-refractivity contribution in [2.24, 2.45) is 0 Å². The lowest BCUT2D eigenvalue weighted by molar-refractivity contribution is 1.07. The summed E-state index contributed by atoms with van der Waals surface area (Å²) in [5, 5.41) is 1.22. The normalized spacial score (nSPS) is 10.3. The SMILES string of the molecule is Nc1nccnc1SCc1cccnc1Cl. The van der Waals surface area contributed by atoms with E-state index >= 15 is 0 Å². The average molecular weight is 253 g/mol. The second kappa shape index (κ2) is 5.14. The molecule has 82 valence electrons. The second-order valence-electron chi connectivity index (χ2n) is 2.99. The Kier molecular flexibility index (Phi) is 3.58. The molecule has 2 aromatic rings. The lowest BCUT2D eigenvalue weighted by Gasteiger charge is -2.03. The number of nitrogens with zero attached hydrogens (tertiary/aromatic N) is 3. The van der Waals surface area contributed by atoms with Gasteiger partial charge in [-0.1, -0.05) is 29.4 Å². The molecule has 0 saturated heterocycles. The van der Waals surface area contributed by atoms with Crippen molar-refractivity contribution in [1.29, 1.82) is 0 Å². The monoisotopic (exact) mass is 252 g/mol. The Morgan fingerprint density at radius 2 is 2.00 bits per heavy atom. The third-order valence-electron chi connectivity index (χ3n) is 1.89.